The molecule has 3 heteroatoms. The summed E-state index contributed by atoms with van der Waals surface area (Å²) in [4.78, 5) is 0. The van der Waals surface area contributed by atoms with Crippen LogP contribution < -0.4 is 0 Å². The summed E-state index contributed by atoms with van der Waals surface area (Å²) in [6.07, 6.45) is 13.3. The van der Waals surface area contributed by atoms with E-state index in [4.69, 9.17) is 11.6 Å². The number of unbranched alkanes of at least 4 members (excludes halogenated alkanes) is 6. The van der Waals surface area contributed by atoms with Gasteiger partial charge in [0.05, 0.1) is 11.6 Å². The molecule has 0 aromatic carbocycles. The first kappa shape index (κ1) is 14.6. The van der Waals surface area contributed by atoms with Gasteiger partial charge in [-0.05, 0) is 13.3 Å². The van der Waals surface area contributed by atoms with Gasteiger partial charge in [0.25, 0.3) is 0 Å². The molecule has 1 rings (SSSR count). The van der Waals surface area contributed by atoms with E-state index >= 15 is 0 Å². The first-order valence-corrected chi connectivity index (χ1v) is 7.34. The molecule has 1 aromatic heterocycles. The summed E-state index contributed by atoms with van der Waals surface area (Å²) in [5, 5.41) is 4.38. The molecule has 1 unspecified atom stereocenters. The molecule has 2 nitrogen and oxygen atoms in total. The van der Waals surface area contributed by atoms with Gasteiger partial charge in [-0.2, -0.15) is 5.10 Å². The van der Waals surface area contributed by atoms with Crippen molar-refractivity contribution in [3.05, 3.63) is 18.0 Å². The smallest absolute Gasteiger partial charge is 0.0588 e. The minimum Gasteiger partial charge on any atom is -0.272 e. The van der Waals surface area contributed by atoms with Crippen LogP contribution in [0.5, 0.6) is 0 Å². The van der Waals surface area contributed by atoms with Crippen molar-refractivity contribution in [1.29, 1.82) is 0 Å². The van der Waals surface area contributed by atoms with Crippen LogP contribution in [-0.4, -0.2) is 9.78 Å². The van der Waals surface area contributed by atoms with Crippen molar-refractivity contribution in [2.45, 2.75) is 70.7 Å². The Hall–Kier alpha value is -0.500. The summed E-state index contributed by atoms with van der Waals surface area (Å²) in [6, 6.07) is 0. The van der Waals surface area contributed by atoms with Crippen molar-refractivity contribution in [3.8, 4) is 0 Å². The molecule has 17 heavy (non-hydrogen) atoms. The van der Waals surface area contributed by atoms with Crippen LogP contribution in [0.15, 0.2) is 12.4 Å². The molecule has 0 aliphatic rings. The summed E-state index contributed by atoms with van der Waals surface area (Å²) in [6.45, 7) is 5.27. The highest BCUT2D eigenvalue weighted by Gasteiger charge is 2.03. The van der Waals surface area contributed by atoms with Gasteiger partial charge in [-0.3, -0.25) is 4.68 Å². The number of nitrogens with zero attached hydrogens (tertiary/aromatic N) is 2. The molecule has 1 aromatic rings. The number of alkyl halides is 1. The van der Waals surface area contributed by atoms with E-state index in [0.29, 0.717) is 0 Å². The van der Waals surface area contributed by atoms with Crippen LogP contribution in [0.4, 0.5) is 0 Å². The van der Waals surface area contributed by atoms with E-state index in [1.54, 1.807) is 0 Å². The van der Waals surface area contributed by atoms with E-state index in [2.05, 4.69) is 18.2 Å². The first-order valence-electron chi connectivity index (χ1n) is 6.90. The SMILES string of the molecule is CCCCCCCCCn1cc(C(C)Cl)cn1. The van der Waals surface area contributed by atoms with Crippen LogP contribution in [0.2, 0.25) is 0 Å². The van der Waals surface area contributed by atoms with Crippen molar-refractivity contribution in [2.75, 3.05) is 0 Å². The molecule has 0 amide bonds. The Morgan fingerprint density at radius 1 is 1.18 bits per heavy atom. The zero-order chi connectivity index (χ0) is 12.5. The quantitative estimate of drug-likeness (QED) is 0.452. The number of hydrogen-bond donors (Lipinski definition) is 0. The van der Waals surface area contributed by atoms with Crippen molar-refractivity contribution < 1.29 is 0 Å². The largest absolute Gasteiger partial charge is 0.272 e. The van der Waals surface area contributed by atoms with Crippen LogP contribution in [0.1, 0.15) is 69.7 Å². The van der Waals surface area contributed by atoms with Crippen LogP contribution in [-0.2, 0) is 6.54 Å². The van der Waals surface area contributed by atoms with Crippen molar-refractivity contribution in [2.24, 2.45) is 0 Å². The fourth-order valence-corrected chi connectivity index (χ4v) is 2.05. The lowest BCUT2D eigenvalue weighted by Gasteiger charge is -2.02. The Morgan fingerprint density at radius 3 is 2.41 bits per heavy atom. The van der Waals surface area contributed by atoms with Gasteiger partial charge in [-0.1, -0.05) is 45.4 Å². The standard InChI is InChI=1S/C14H25ClN2/c1-3-4-5-6-7-8-9-10-17-12-14(11-16-17)13(2)15/h11-13H,3-10H2,1-2H3. The third-order valence-corrected chi connectivity index (χ3v) is 3.36. The van der Waals surface area contributed by atoms with Gasteiger partial charge in [0.2, 0.25) is 0 Å². The summed E-state index contributed by atoms with van der Waals surface area (Å²) in [7, 11) is 0. The fraction of sp³-hybridized carbons (Fsp3) is 0.786. The Kier molecular flexibility index (Phi) is 7.34. The molecule has 0 bridgehead atoms. The molecule has 98 valence electrons. The number of aryl methyl sites for hydroxylation is 1. The zero-order valence-corrected chi connectivity index (χ0v) is 11.9. The lowest BCUT2D eigenvalue weighted by Crippen LogP contribution is -1.98. The van der Waals surface area contributed by atoms with Gasteiger partial charge in [0, 0.05) is 18.3 Å². The Morgan fingerprint density at radius 2 is 1.82 bits per heavy atom. The molecule has 0 saturated carbocycles. The van der Waals surface area contributed by atoms with Gasteiger partial charge in [-0.15, -0.1) is 11.6 Å². The molecular formula is C14H25ClN2. The maximum atomic E-state index is 6.00. The molecular weight excluding hydrogens is 232 g/mol. The molecule has 0 radical (unpaired) electrons. The maximum absolute atomic E-state index is 6.00. The molecule has 1 heterocycles. The number of hydrogen-bond acceptors (Lipinski definition) is 1. The predicted molar refractivity (Wildman–Crippen MR) is 74.5 cm³/mol. The van der Waals surface area contributed by atoms with E-state index in [0.717, 1.165) is 12.1 Å². The predicted octanol–water partition coefficient (Wildman–Crippen LogP) is 4.93. The Bertz CT molecular complexity index is 294. The fourth-order valence-electron chi connectivity index (χ4n) is 1.94. The summed E-state index contributed by atoms with van der Waals surface area (Å²) in [5.74, 6) is 0. The average Bonchev–Trinajstić information content (AvgIpc) is 2.77. The normalized spacial score (nSPS) is 12.9. The molecule has 0 saturated heterocycles. The maximum Gasteiger partial charge on any atom is 0.0588 e. The Balaban J connectivity index is 2.05. The van der Waals surface area contributed by atoms with Crippen molar-refractivity contribution >= 4 is 11.6 Å². The molecule has 0 spiro atoms. The third-order valence-electron chi connectivity index (χ3n) is 3.10. The Labute approximate surface area is 110 Å². The second-order valence-electron chi connectivity index (χ2n) is 4.77. The average molecular weight is 257 g/mol. The van der Waals surface area contributed by atoms with Gasteiger partial charge in [0.1, 0.15) is 0 Å². The summed E-state index contributed by atoms with van der Waals surface area (Å²) >= 11 is 6.00. The highest BCUT2D eigenvalue weighted by atomic mass is 35.5. The van der Waals surface area contributed by atoms with Crippen LogP contribution in [0.25, 0.3) is 0 Å². The summed E-state index contributed by atoms with van der Waals surface area (Å²) in [5.41, 5.74) is 1.12. The molecule has 1 atom stereocenters. The van der Waals surface area contributed by atoms with Crippen LogP contribution >= 0.6 is 11.6 Å². The second-order valence-corrected chi connectivity index (χ2v) is 5.43. The highest BCUT2D eigenvalue weighted by Crippen LogP contribution is 2.18. The van der Waals surface area contributed by atoms with E-state index < -0.39 is 0 Å². The van der Waals surface area contributed by atoms with E-state index in [1.807, 2.05) is 17.8 Å². The lowest BCUT2D eigenvalue weighted by atomic mass is 10.1. The number of halogens is 1. The topological polar surface area (TPSA) is 17.8 Å². The van der Waals surface area contributed by atoms with Crippen molar-refractivity contribution in [1.82, 2.24) is 9.78 Å². The number of rotatable bonds is 9. The van der Waals surface area contributed by atoms with Gasteiger partial charge < -0.3 is 0 Å². The second kappa shape index (κ2) is 8.57. The highest BCUT2D eigenvalue weighted by molar-refractivity contribution is 6.20. The molecule has 0 aliphatic carbocycles. The molecule has 0 N–H and O–H groups in total. The van der Waals surface area contributed by atoms with Gasteiger partial charge in [0.15, 0.2) is 0 Å². The first-order chi connectivity index (χ1) is 8.24. The number of aromatic nitrogens is 2. The minimum atomic E-state index is 0.0674. The van der Waals surface area contributed by atoms with Crippen LogP contribution in [0.3, 0.4) is 0 Å². The molecule has 0 fully saturated rings. The van der Waals surface area contributed by atoms with Crippen LogP contribution in [0, 0.1) is 0 Å². The zero-order valence-electron chi connectivity index (χ0n) is 11.2. The minimum absolute atomic E-state index is 0.0674. The molecule has 0 aliphatic heterocycles. The monoisotopic (exact) mass is 256 g/mol. The lowest BCUT2D eigenvalue weighted by molar-refractivity contribution is 0.523. The van der Waals surface area contributed by atoms with Gasteiger partial charge in [-0.25, -0.2) is 0 Å². The van der Waals surface area contributed by atoms with E-state index in [-0.39, 0.29) is 5.38 Å². The van der Waals surface area contributed by atoms with Crippen molar-refractivity contribution in [3.63, 3.8) is 0 Å². The van der Waals surface area contributed by atoms with Gasteiger partial charge >= 0.3 is 0 Å². The third kappa shape index (κ3) is 6.11. The summed E-state index contributed by atoms with van der Waals surface area (Å²) < 4.78 is 2.01. The van der Waals surface area contributed by atoms with E-state index in [9.17, 15) is 0 Å². The van der Waals surface area contributed by atoms with E-state index in [1.165, 1.54) is 44.9 Å².